The Kier molecular flexibility index (Phi) is 5.84. The van der Waals surface area contributed by atoms with Crippen LogP contribution in [0.4, 0.5) is 0 Å². The first-order valence-electron chi connectivity index (χ1n) is 9.15. The van der Waals surface area contributed by atoms with E-state index < -0.39 is 0 Å². The second-order valence-corrected chi connectivity index (χ2v) is 8.47. The van der Waals surface area contributed by atoms with Crippen molar-refractivity contribution in [2.75, 3.05) is 19.6 Å². The second-order valence-electron chi connectivity index (χ2n) is 7.62. The smallest absolute Gasteiger partial charge is 0.277 e. The number of imide groups is 1. The molecule has 0 bridgehead atoms. The van der Waals surface area contributed by atoms with E-state index in [1.54, 1.807) is 18.2 Å². The number of hydrogen-bond acceptors (Lipinski definition) is 4. The molecule has 0 aromatic heterocycles. The van der Waals surface area contributed by atoms with Gasteiger partial charge in [0.15, 0.2) is 0 Å². The van der Waals surface area contributed by atoms with Crippen LogP contribution >= 0.6 is 23.2 Å². The predicted octanol–water partition coefficient (Wildman–Crippen LogP) is 3.84. The highest BCUT2D eigenvalue weighted by Crippen LogP contribution is 2.37. The first-order chi connectivity index (χ1) is 12.7. The average Bonchev–Trinajstić information content (AvgIpc) is 2.78. The summed E-state index contributed by atoms with van der Waals surface area (Å²) in [5, 5.41) is 0.840. The Bertz CT molecular complexity index is 796. The van der Waals surface area contributed by atoms with Crippen LogP contribution in [0.1, 0.15) is 33.3 Å². The topological polar surface area (TPSA) is 49.9 Å². The number of rotatable bonds is 4. The summed E-state index contributed by atoms with van der Waals surface area (Å²) < 4.78 is 5.79. The highest BCUT2D eigenvalue weighted by Gasteiger charge is 2.43. The molecule has 2 unspecified atom stereocenters. The lowest BCUT2D eigenvalue weighted by Crippen LogP contribution is -2.47. The van der Waals surface area contributed by atoms with Crippen molar-refractivity contribution in [2.45, 2.75) is 39.9 Å². The van der Waals surface area contributed by atoms with Crippen molar-refractivity contribution in [3.8, 4) is 0 Å². The summed E-state index contributed by atoms with van der Waals surface area (Å²) in [7, 11) is 0. The van der Waals surface area contributed by atoms with E-state index in [0.29, 0.717) is 46.5 Å². The molecular weight excluding hydrogens is 387 g/mol. The Morgan fingerprint density at radius 3 is 2.30 bits per heavy atom. The summed E-state index contributed by atoms with van der Waals surface area (Å²) in [5.41, 5.74) is 1.29. The maximum absolute atomic E-state index is 13.2. The molecule has 2 amide bonds. The summed E-state index contributed by atoms with van der Waals surface area (Å²) in [5.74, 6) is -0.405. The van der Waals surface area contributed by atoms with Gasteiger partial charge in [0.05, 0.1) is 22.8 Å². The van der Waals surface area contributed by atoms with Crippen LogP contribution in [0.2, 0.25) is 10.0 Å². The summed E-state index contributed by atoms with van der Waals surface area (Å²) >= 11 is 12.4. The Labute approximate surface area is 169 Å². The van der Waals surface area contributed by atoms with Gasteiger partial charge in [0.1, 0.15) is 5.70 Å². The number of nitrogens with zero attached hydrogens (tertiary/aromatic N) is 2. The molecule has 0 aliphatic carbocycles. The Balaban J connectivity index is 2.12. The Hall–Kier alpha value is -1.56. The van der Waals surface area contributed by atoms with Crippen LogP contribution in [-0.4, -0.2) is 53.5 Å². The van der Waals surface area contributed by atoms with Gasteiger partial charge in [-0.3, -0.25) is 14.5 Å². The Morgan fingerprint density at radius 1 is 1.11 bits per heavy atom. The molecular formula is C20H24Cl2N2O3. The van der Waals surface area contributed by atoms with Gasteiger partial charge >= 0.3 is 0 Å². The van der Waals surface area contributed by atoms with Gasteiger partial charge in [0, 0.05) is 30.2 Å². The van der Waals surface area contributed by atoms with Gasteiger partial charge < -0.3 is 9.64 Å². The molecule has 7 heteroatoms. The van der Waals surface area contributed by atoms with Crippen LogP contribution in [0.15, 0.2) is 23.9 Å². The molecule has 1 aromatic carbocycles. The zero-order valence-corrected chi connectivity index (χ0v) is 17.5. The molecule has 0 spiro atoms. The molecule has 2 aliphatic heterocycles. The molecule has 1 aromatic rings. The first-order valence-corrected chi connectivity index (χ1v) is 9.91. The van der Waals surface area contributed by atoms with Crippen molar-refractivity contribution < 1.29 is 14.3 Å². The SMILES string of the molecule is CC(C)CN1C(=O)C(c2ccc(Cl)cc2Cl)=C(N2CC(C)OC(C)C2)C1=O. The first kappa shape index (κ1) is 20.2. The molecule has 146 valence electrons. The summed E-state index contributed by atoms with van der Waals surface area (Å²) in [6.07, 6.45) is -0.0736. The van der Waals surface area contributed by atoms with Crippen molar-refractivity contribution in [3.05, 3.63) is 39.5 Å². The average molecular weight is 411 g/mol. The van der Waals surface area contributed by atoms with E-state index in [-0.39, 0.29) is 29.9 Å². The zero-order chi connectivity index (χ0) is 19.9. The molecule has 0 radical (unpaired) electrons. The third-order valence-corrected chi connectivity index (χ3v) is 5.18. The van der Waals surface area contributed by atoms with Crippen LogP contribution in [0.5, 0.6) is 0 Å². The van der Waals surface area contributed by atoms with E-state index in [0.717, 1.165) is 0 Å². The van der Waals surface area contributed by atoms with Crippen LogP contribution in [-0.2, 0) is 14.3 Å². The Morgan fingerprint density at radius 2 is 1.74 bits per heavy atom. The summed E-state index contributed by atoms with van der Waals surface area (Å²) in [6.45, 7) is 9.34. The van der Waals surface area contributed by atoms with E-state index in [2.05, 4.69) is 0 Å². The van der Waals surface area contributed by atoms with E-state index in [4.69, 9.17) is 27.9 Å². The normalized spacial score (nSPS) is 23.8. The molecule has 2 aliphatic rings. The van der Waals surface area contributed by atoms with Crippen LogP contribution in [0.3, 0.4) is 0 Å². The minimum Gasteiger partial charge on any atom is -0.372 e. The highest BCUT2D eigenvalue weighted by molar-refractivity contribution is 6.41. The number of hydrogen-bond donors (Lipinski definition) is 0. The minimum absolute atomic E-state index is 0.0368. The number of halogens is 2. The maximum atomic E-state index is 13.2. The third-order valence-electron chi connectivity index (χ3n) is 4.63. The molecule has 5 nitrogen and oxygen atoms in total. The van der Waals surface area contributed by atoms with Crippen molar-refractivity contribution >= 4 is 40.6 Å². The van der Waals surface area contributed by atoms with E-state index in [1.165, 1.54) is 4.90 Å². The molecule has 2 heterocycles. The third kappa shape index (κ3) is 4.00. The molecule has 0 N–H and O–H groups in total. The fourth-order valence-electron chi connectivity index (χ4n) is 3.68. The minimum atomic E-state index is -0.306. The van der Waals surface area contributed by atoms with Gasteiger partial charge in [0.2, 0.25) is 0 Å². The number of amides is 2. The molecule has 2 atom stereocenters. The quantitative estimate of drug-likeness (QED) is 0.707. The number of carbonyl (C=O) groups excluding carboxylic acids is 2. The van der Waals surface area contributed by atoms with Gasteiger partial charge in [-0.15, -0.1) is 0 Å². The summed E-state index contributed by atoms with van der Waals surface area (Å²) in [4.78, 5) is 29.7. The molecule has 27 heavy (non-hydrogen) atoms. The van der Waals surface area contributed by atoms with Gasteiger partial charge in [-0.2, -0.15) is 0 Å². The van der Waals surface area contributed by atoms with Crippen molar-refractivity contribution in [1.29, 1.82) is 0 Å². The van der Waals surface area contributed by atoms with Gasteiger partial charge in [0.25, 0.3) is 11.8 Å². The molecule has 1 fully saturated rings. The molecule has 0 saturated carbocycles. The molecule has 3 rings (SSSR count). The zero-order valence-electron chi connectivity index (χ0n) is 16.0. The van der Waals surface area contributed by atoms with Crippen molar-refractivity contribution in [1.82, 2.24) is 9.80 Å². The highest BCUT2D eigenvalue weighted by atomic mass is 35.5. The fourth-order valence-corrected chi connectivity index (χ4v) is 4.19. The van der Waals surface area contributed by atoms with Crippen molar-refractivity contribution in [3.63, 3.8) is 0 Å². The lowest BCUT2D eigenvalue weighted by molar-refractivity contribution is -0.138. The molecule has 1 saturated heterocycles. The second kappa shape index (κ2) is 7.82. The van der Waals surface area contributed by atoms with Crippen LogP contribution < -0.4 is 0 Å². The lowest BCUT2D eigenvalue weighted by Gasteiger charge is -2.37. The van der Waals surface area contributed by atoms with E-state index >= 15 is 0 Å². The summed E-state index contributed by atoms with van der Waals surface area (Å²) in [6, 6.07) is 4.98. The van der Waals surface area contributed by atoms with Crippen LogP contribution in [0, 0.1) is 5.92 Å². The predicted molar refractivity (Wildman–Crippen MR) is 107 cm³/mol. The van der Waals surface area contributed by atoms with E-state index in [9.17, 15) is 9.59 Å². The number of morpholine rings is 1. The largest absolute Gasteiger partial charge is 0.372 e. The fraction of sp³-hybridized carbons (Fsp3) is 0.500. The number of ether oxygens (including phenoxy) is 1. The van der Waals surface area contributed by atoms with Gasteiger partial charge in [-0.05, 0) is 31.9 Å². The van der Waals surface area contributed by atoms with E-state index in [1.807, 2.05) is 32.6 Å². The lowest BCUT2D eigenvalue weighted by atomic mass is 10.0. The van der Waals surface area contributed by atoms with Gasteiger partial charge in [-0.25, -0.2) is 0 Å². The number of carbonyl (C=O) groups is 2. The van der Waals surface area contributed by atoms with Gasteiger partial charge in [-0.1, -0.05) is 43.1 Å². The number of benzene rings is 1. The maximum Gasteiger partial charge on any atom is 0.277 e. The van der Waals surface area contributed by atoms with Crippen LogP contribution in [0.25, 0.3) is 5.57 Å². The van der Waals surface area contributed by atoms with Crippen molar-refractivity contribution in [2.24, 2.45) is 5.92 Å². The standard InChI is InChI=1S/C20H24Cl2N2O3/c1-11(2)8-24-19(25)17(15-6-5-14(21)7-16(15)22)18(20(24)26)23-9-12(3)27-13(4)10-23/h5-7,11-13H,8-10H2,1-4H3. The monoisotopic (exact) mass is 410 g/mol.